The lowest BCUT2D eigenvalue weighted by Crippen LogP contribution is -2.48. The molecule has 4 N–H and O–H groups in total. The van der Waals surface area contributed by atoms with Crippen LogP contribution < -0.4 is 10.0 Å². The molecule has 0 radical (unpaired) electrons. The molecule has 4 rings (SSSR count). The van der Waals surface area contributed by atoms with Gasteiger partial charge in [-0.25, -0.2) is 26.7 Å². The van der Waals surface area contributed by atoms with Crippen molar-refractivity contribution in [1.82, 2.24) is 19.8 Å². The smallest absolute Gasteiger partial charge is 0.334 e. The monoisotopic (exact) mass is 654 g/mol. The molecule has 0 aliphatic carbocycles. The Bertz CT molecular complexity index is 1840. The molecule has 1 aromatic heterocycles. The molecule has 0 spiro atoms. The van der Waals surface area contributed by atoms with Gasteiger partial charge in [-0.2, -0.15) is 5.10 Å². The van der Waals surface area contributed by atoms with Crippen LogP contribution in [0.5, 0.6) is 0 Å². The summed E-state index contributed by atoms with van der Waals surface area (Å²) >= 11 is 0. The molecule has 2 unspecified atom stereocenters. The minimum atomic E-state index is -4.32. The van der Waals surface area contributed by atoms with Gasteiger partial charge in [-0.15, -0.1) is 0 Å². The molecule has 0 aliphatic rings. The number of rotatable bonds is 13. The molecule has 11 nitrogen and oxygen atoms in total. The van der Waals surface area contributed by atoms with Crippen LogP contribution in [-0.4, -0.2) is 58.3 Å². The molecule has 0 bridgehead atoms. The Morgan fingerprint density at radius 1 is 0.978 bits per heavy atom. The van der Waals surface area contributed by atoms with E-state index in [0.29, 0.717) is 24.1 Å². The molecule has 0 saturated carbocycles. The van der Waals surface area contributed by atoms with Gasteiger partial charge in [0, 0.05) is 23.7 Å². The number of carbonyl (C=O) groups is 3. The van der Waals surface area contributed by atoms with E-state index in [2.05, 4.69) is 10.4 Å². The highest BCUT2D eigenvalue weighted by Gasteiger charge is 2.29. The second-order valence-corrected chi connectivity index (χ2v) is 12.2. The first-order valence-electron chi connectivity index (χ1n) is 14.2. The number of nitrogens with one attached hydrogen (secondary N) is 2. The fourth-order valence-electron chi connectivity index (χ4n) is 4.93. The summed E-state index contributed by atoms with van der Waals surface area (Å²) in [7, 11) is -4.32. The Kier molecular flexibility index (Phi) is 10.6. The summed E-state index contributed by atoms with van der Waals surface area (Å²) in [5.41, 5.74) is 0.490. The number of hydrogen-bond donors (Lipinski definition) is 4. The highest BCUT2D eigenvalue weighted by atomic mass is 32.2. The quantitative estimate of drug-likeness (QED) is 0.170. The fourth-order valence-corrected chi connectivity index (χ4v) is 6.15. The van der Waals surface area contributed by atoms with Crippen LogP contribution in [0.25, 0.3) is 11.1 Å². The van der Waals surface area contributed by atoms with E-state index in [1.54, 1.807) is 30.3 Å². The maximum absolute atomic E-state index is 15.5. The summed E-state index contributed by atoms with van der Waals surface area (Å²) in [6, 6.07) is 16.3. The molecule has 3 aromatic carbocycles. The van der Waals surface area contributed by atoms with Gasteiger partial charge < -0.3 is 15.5 Å². The van der Waals surface area contributed by atoms with Crippen molar-refractivity contribution in [2.24, 2.45) is 0 Å². The predicted molar refractivity (Wildman–Crippen MR) is 163 cm³/mol. The number of aromatic nitrogens is 2. The minimum absolute atomic E-state index is 0.0145. The number of carboxylic acids is 1. The van der Waals surface area contributed by atoms with E-state index in [4.69, 9.17) is 0 Å². The van der Waals surface area contributed by atoms with E-state index in [1.807, 2.05) is 11.6 Å². The summed E-state index contributed by atoms with van der Waals surface area (Å²) in [5, 5.41) is 26.4. The van der Waals surface area contributed by atoms with Crippen molar-refractivity contribution in [3.63, 3.8) is 0 Å². The van der Waals surface area contributed by atoms with Gasteiger partial charge in [-0.1, -0.05) is 61.9 Å². The largest absolute Gasteiger partial charge is 0.479 e. The Labute approximate surface area is 263 Å². The van der Waals surface area contributed by atoms with E-state index >= 15 is 8.78 Å². The number of aryl methyl sites for hydroxylation is 1. The Balaban J connectivity index is 1.63. The van der Waals surface area contributed by atoms with Crippen molar-refractivity contribution < 1.29 is 41.8 Å². The SMILES string of the molecule is CCCc1cc(C(=O)NC(Cc2ccccc2)C(O)C(=O)O)nn1Cc1c(F)cc(-c2ccccc2S(=O)(=O)NC(C)=O)cc1F. The fraction of sp³-hybridized carbons (Fsp3) is 0.250. The summed E-state index contributed by atoms with van der Waals surface area (Å²) in [4.78, 5) is 35.8. The molecule has 0 fully saturated rings. The number of benzene rings is 3. The van der Waals surface area contributed by atoms with Crippen LogP contribution in [-0.2, 0) is 39.0 Å². The van der Waals surface area contributed by atoms with Gasteiger partial charge in [0.15, 0.2) is 6.10 Å². The summed E-state index contributed by atoms with van der Waals surface area (Å²) in [6.45, 7) is 2.46. The van der Waals surface area contributed by atoms with Crippen molar-refractivity contribution in [1.29, 1.82) is 0 Å². The van der Waals surface area contributed by atoms with E-state index in [-0.39, 0.29) is 28.1 Å². The molecule has 1 heterocycles. The first kappa shape index (κ1) is 33.9. The third-order valence-corrected chi connectivity index (χ3v) is 8.56. The van der Waals surface area contributed by atoms with Gasteiger partial charge in [-0.3, -0.25) is 14.3 Å². The van der Waals surface area contributed by atoms with Crippen molar-refractivity contribution >= 4 is 27.8 Å². The average molecular weight is 655 g/mol. The van der Waals surface area contributed by atoms with E-state index in [0.717, 1.165) is 19.1 Å². The van der Waals surface area contributed by atoms with Gasteiger partial charge in [0.2, 0.25) is 5.91 Å². The molecule has 2 amide bonds. The standard InChI is InChI=1S/C32H32F2N4O7S/c1-3-9-22-17-28(31(41)35-27(30(40)32(42)43)14-20-10-5-4-6-11-20)36-38(22)18-24-25(33)15-21(16-26(24)34)23-12-7-8-13-29(23)46(44,45)37-19(2)39/h4-8,10-13,15-17,27,30,40H,3,9,14,18H2,1-2H3,(H,35,41)(H,37,39)(H,42,43). The van der Waals surface area contributed by atoms with Crippen LogP contribution in [0.1, 0.15) is 47.6 Å². The second-order valence-electron chi connectivity index (χ2n) is 10.6. The van der Waals surface area contributed by atoms with Crippen molar-refractivity contribution in [3.8, 4) is 11.1 Å². The predicted octanol–water partition coefficient (Wildman–Crippen LogP) is 3.44. The Morgan fingerprint density at radius 3 is 2.22 bits per heavy atom. The summed E-state index contributed by atoms with van der Waals surface area (Å²) < 4.78 is 59.5. The lowest BCUT2D eigenvalue weighted by Gasteiger charge is -2.21. The maximum atomic E-state index is 15.5. The van der Waals surface area contributed by atoms with Crippen molar-refractivity contribution in [2.75, 3.05) is 0 Å². The molecule has 4 aromatic rings. The number of hydrogen-bond acceptors (Lipinski definition) is 7. The van der Waals surface area contributed by atoms with Crippen LogP contribution in [0.3, 0.4) is 0 Å². The lowest BCUT2D eigenvalue weighted by atomic mass is 10.0. The topological polar surface area (TPSA) is 168 Å². The van der Waals surface area contributed by atoms with Crippen molar-refractivity contribution in [3.05, 3.63) is 107 Å². The summed E-state index contributed by atoms with van der Waals surface area (Å²) in [6.07, 6.45) is -0.909. The number of amides is 2. The molecule has 14 heteroatoms. The number of sulfonamides is 1. The van der Waals surface area contributed by atoms with Crippen LogP contribution in [0.2, 0.25) is 0 Å². The lowest BCUT2D eigenvalue weighted by molar-refractivity contribution is -0.148. The van der Waals surface area contributed by atoms with Gasteiger partial charge in [-0.05, 0) is 48.2 Å². The van der Waals surface area contributed by atoms with Crippen LogP contribution in [0.15, 0.2) is 77.7 Å². The van der Waals surface area contributed by atoms with E-state index in [9.17, 15) is 33.0 Å². The third-order valence-electron chi connectivity index (χ3n) is 7.07. The first-order valence-corrected chi connectivity index (χ1v) is 15.7. The van der Waals surface area contributed by atoms with Gasteiger partial charge in [0.25, 0.3) is 15.9 Å². The summed E-state index contributed by atoms with van der Waals surface area (Å²) in [5.74, 6) is -5.15. The van der Waals surface area contributed by atoms with E-state index < -0.39 is 63.7 Å². The molecular weight excluding hydrogens is 622 g/mol. The number of aliphatic hydroxyl groups excluding tert-OH is 1. The van der Waals surface area contributed by atoms with E-state index in [1.165, 1.54) is 35.0 Å². The van der Waals surface area contributed by atoms with Crippen molar-refractivity contribution in [2.45, 2.75) is 56.7 Å². The van der Waals surface area contributed by atoms with Crippen LogP contribution in [0.4, 0.5) is 8.78 Å². The molecular formula is C32H32F2N4O7S. The molecule has 242 valence electrons. The number of carboxylic acid groups (broad SMARTS) is 1. The van der Waals surface area contributed by atoms with Crippen LogP contribution in [0, 0.1) is 11.6 Å². The first-order chi connectivity index (χ1) is 21.8. The third kappa shape index (κ3) is 8.00. The second kappa shape index (κ2) is 14.4. The highest BCUT2D eigenvalue weighted by Crippen LogP contribution is 2.30. The molecule has 0 aliphatic heterocycles. The normalized spacial score (nSPS) is 12.7. The molecule has 2 atom stereocenters. The average Bonchev–Trinajstić information content (AvgIpc) is 3.40. The minimum Gasteiger partial charge on any atom is -0.479 e. The molecule has 46 heavy (non-hydrogen) atoms. The number of carbonyl (C=O) groups excluding carboxylic acids is 2. The number of nitrogens with zero attached hydrogens (tertiary/aromatic N) is 2. The highest BCUT2D eigenvalue weighted by molar-refractivity contribution is 7.90. The van der Waals surface area contributed by atoms with Gasteiger partial charge in [0.1, 0.15) is 17.3 Å². The zero-order chi connectivity index (χ0) is 33.6. The number of halogens is 2. The maximum Gasteiger partial charge on any atom is 0.334 e. The molecule has 0 saturated heterocycles. The Hall–Kier alpha value is -4.95. The number of aliphatic carboxylic acids is 1. The van der Waals surface area contributed by atoms with Crippen LogP contribution >= 0.6 is 0 Å². The van der Waals surface area contributed by atoms with Gasteiger partial charge in [0.05, 0.1) is 17.5 Å². The Morgan fingerprint density at radius 2 is 1.61 bits per heavy atom. The van der Waals surface area contributed by atoms with Gasteiger partial charge >= 0.3 is 5.97 Å². The zero-order valence-corrected chi connectivity index (χ0v) is 25.7. The number of aliphatic hydroxyl groups is 1. The zero-order valence-electron chi connectivity index (χ0n) is 24.9.